The predicted octanol–water partition coefficient (Wildman–Crippen LogP) is 3.72. The SMILES string of the molecule is Cc1ccc(NCC(=O)NNC(=O)c2ccoc2CN2c3ccccc3CC2C)c(C)c1. The summed E-state index contributed by atoms with van der Waals surface area (Å²) < 4.78 is 5.62. The predicted molar refractivity (Wildman–Crippen MR) is 125 cm³/mol. The summed E-state index contributed by atoms with van der Waals surface area (Å²) in [4.78, 5) is 27.1. The summed E-state index contributed by atoms with van der Waals surface area (Å²) in [6.07, 6.45) is 2.46. The third-order valence-corrected chi connectivity index (χ3v) is 5.79. The topological polar surface area (TPSA) is 86.6 Å². The Balaban J connectivity index is 1.33. The van der Waals surface area contributed by atoms with Crippen molar-refractivity contribution in [3.05, 3.63) is 82.8 Å². The fourth-order valence-electron chi connectivity index (χ4n) is 4.12. The highest BCUT2D eigenvalue weighted by atomic mass is 16.3. The van der Waals surface area contributed by atoms with Crippen LogP contribution in [0.15, 0.2) is 59.2 Å². The second-order valence-corrected chi connectivity index (χ2v) is 8.24. The van der Waals surface area contributed by atoms with Crippen LogP contribution in [0.5, 0.6) is 0 Å². The molecule has 0 radical (unpaired) electrons. The minimum Gasteiger partial charge on any atom is -0.467 e. The number of nitrogens with zero attached hydrogens (tertiary/aromatic N) is 1. The molecule has 2 amide bonds. The van der Waals surface area contributed by atoms with Gasteiger partial charge >= 0.3 is 0 Å². The number of rotatable bonds is 6. The molecule has 7 nitrogen and oxygen atoms in total. The molecule has 3 aromatic rings. The van der Waals surface area contributed by atoms with Crippen LogP contribution in [0.2, 0.25) is 0 Å². The number of para-hydroxylation sites is 1. The number of hydrazine groups is 1. The Morgan fingerprint density at radius 3 is 2.72 bits per heavy atom. The van der Waals surface area contributed by atoms with Crippen LogP contribution >= 0.6 is 0 Å². The van der Waals surface area contributed by atoms with Crippen LogP contribution in [0, 0.1) is 13.8 Å². The number of amides is 2. The van der Waals surface area contributed by atoms with Crippen LogP contribution in [-0.2, 0) is 17.8 Å². The molecule has 32 heavy (non-hydrogen) atoms. The molecule has 1 unspecified atom stereocenters. The Morgan fingerprint density at radius 2 is 1.91 bits per heavy atom. The second kappa shape index (κ2) is 9.18. The lowest BCUT2D eigenvalue weighted by molar-refractivity contribution is -0.120. The maximum absolute atomic E-state index is 12.7. The number of anilines is 2. The van der Waals surface area contributed by atoms with E-state index in [2.05, 4.69) is 40.1 Å². The molecule has 4 rings (SSSR count). The largest absolute Gasteiger partial charge is 0.467 e. The molecule has 166 valence electrons. The van der Waals surface area contributed by atoms with Crippen molar-refractivity contribution in [2.45, 2.75) is 39.8 Å². The van der Waals surface area contributed by atoms with Crippen LogP contribution in [-0.4, -0.2) is 24.4 Å². The van der Waals surface area contributed by atoms with Crippen LogP contribution in [0.1, 0.15) is 39.7 Å². The number of benzene rings is 2. The number of carbonyl (C=O) groups excluding carboxylic acids is 2. The van der Waals surface area contributed by atoms with Gasteiger partial charge in [-0.2, -0.15) is 0 Å². The van der Waals surface area contributed by atoms with E-state index in [1.165, 1.54) is 11.8 Å². The molecule has 2 aromatic carbocycles. The third-order valence-electron chi connectivity index (χ3n) is 5.79. The molecule has 0 saturated carbocycles. The van der Waals surface area contributed by atoms with Gasteiger partial charge in [-0.05, 0) is 56.5 Å². The fraction of sp³-hybridized carbons (Fsp3) is 0.280. The molecule has 0 fully saturated rings. The maximum Gasteiger partial charge on any atom is 0.273 e. The summed E-state index contributed by atoms with van der Waals surface area (Å²) >= 11 is 0. The van der Waals surface area contributed by atoms with Gasteiger partial charge in [0, 0.05) is 17.4 Å². The van der Waals surface area contributed by atoms with Crippen LogP contribution in [0.3, 0.4) is 0 Å². The van der Waals surface area contributed by atoms with E-state index in [1.54, 1.807) is 6.07 Å². The number of aryl methyl sites for hydroxylation is 2. The molecular weight excluding hydrogens is 404 g/mol. The normalized spacial score (nSPS) is 14.7. The van der Waals surface area contributed by atoms with Gasteiger partial charge in [0.25, 0.3) is 11.8 Å². The van der Waals surface area contributed by atoms with Crippen LogP contribution in [0.25, 0.3) is 0 Å². The van der Waals surface area contributed by atoms with E-state index in [4.69, 9.17) is 4.42 Å². The van der Waals surface area contributed by atoms with Crippen molar-refractivity contribution in [2.24, 2.45) is 0 Å². The Morgan fingerprint density at radius 1 is 1.09 bits per heavy atom. The molecular formula is C25H28N4O3. The first kappa shape index (κ1) is 21.5. The molecule has 7 heteroatoms. The van der Waals surface area contributed by atoms with Crippen LogP contribution < -0.4 is 21.1 Å². The molecule has 2 heterocycles. The van der Waals surface area contributed by atoms with Crippen molar-refractivity contribution in [1.29, 1.82) is 0 Å². The highest BCUT2D eigenvalue weighted by Crippen LogP contribution is 2.33. The number of furan rings is 1. The molecule has 1 aliphatic heterocycles. The van der Waals surface area contributed by atoms with Crippen molar-refractivity contribution in [2.75, 3.05) is 16.8 Å². The van der Waals surface area contributed by atoms with Gasteiger partial charge in [0.05, 0.1) is 24.9 Å². The van der Waals surface area contributed by atoms with Gasteiger partial charge in [-0.15, -0.1) is 0 Å². The summed E-state index contributed by atoms with van der Waals surface area (Å²) in [5.74, 6) is -0.187. The first-order valence-electron chi connectivity index (χ1n) is 10.7. The Bertz CT molecular complexity index is 1140. The summed E-state index contributed by atoms with van der Waals surface area (Å²) in [5, 5.41) is 3.08. The summed E-state index contributed by atoms with van der Waals surface area (Å²) in [6.45, 7) is 6.69. The highest BCUT2D eigenvalue weighted by Gasteiger charge is 2.28. The molecule has 0 bridgehead atoms. The lowest BCUT2D eigenvalue weighted by atomic mass is 10.1. The molecule has 0 spiro atoms. The van der Waals surface area contributed by atoms with Gasteiger partial charge in [0.2, 0.25) is 0 Å². The van der Waals surface area contributed by atoms with Gasteiger partial charge in [-0.25, -0.2) is 0 Å². The Hall–Kier alpha value is -3.74. The number of hydrogen-bond donors (Lipinski definition) is 3. The zero-order chi connectivity index (χ0) is 22.7. The highest BCUT2D eigenvalue weighted by molar-refractivity contribution is 5.96. The first-order chi connectivity index (χ1) is 15.4. The van der Waals surface area contributed by atoms with E-state index in [1.807, 2.05) is 44.2 Å². The summed E-state index contributed by atoms with van der Waals surface area (Å²) in [6, 6.07) is 16.2. The van der Waals surface area contributed by atoms with E-state index in [9.17, 15) is 9.59 Å². The number of carbonyl (C=O) groups is 2. The smallest absolute Gasteiger partial charge is 0.273 e. The van der Waals surface area contributed by atoms with Crippen molar-refractivity contribution in [3.63, 3.8) is 0 Å². The minimum atomic E-state index is -0.409. The molecule has 0 saturated heterocycles. The minimum absolute atomic E-state index is 0.0461. The van der Waals surface area contributed by atoms with Crippen molar-refractivity contribution in [3.8, 4) is 0 Å². The average Bonchev–Trinajstić information content (AvgIpc) is 3.36. The zero-order valence-corrected chi connectivity index (χ0v) is 18.6. The lowest BCUT2D eigenvalue weighted by Crippen LogP contribution is -2.44. The number of fused-ring (bicyclic) bond motifs is 1. The molecule has 1 aromatic heterocycles. The van der Waals surface area contributed by atoms with Gasteiger partial charge in [0.15, 0.2) is 0 Å². The Kier molecular flexibility index (Phi) is 6.16. The second-order valence-electron chi connectivity index (χ2n) is 8.24. The van der Waals surface area contributed by atoms with E-state index in [0.717, 1.165) is 28.9 Å². The van der Waals surface area contributed by atoms with E-state index < -0.39 is 5.91 Å². The number of hydrogen-bond acceptors (Lipinski definition) is 5. The average molecular weight is 433 g/mol. The van der Waals surface area contributed by atoms with Crippen LogP contribution in [0.4, 0.5) is 11.4 Å². The quantitative estimate of drug-likeness (QED) is 0.517. The van der Waals surface area contributed by atoms with Gasteiger partial charge in [-0.1, -0.05) is 35.9 Å². The lowest BCUT2D eigenvalue weighted by Gasteiger charge is -2.24. The zero-order valence-electron chi connectivity index (χ0n) is 18.6. The van der Waals surface area contributed by atoms with Crippen molar-refractivity contribution < 1.29 is 14.0 Å². The molecule has 1 atom stereocenters. The molecule has 1 aliphatic rings. The molecule has 0 aliphatic carbocycles. The van der Waals surface area contributed by atoms with Gasteiger partial charge < -0.3 is 14.6 Å². The fourth-order valence-corrected chi connectivity index (χ4v) is 4.12. The maximum atomic E-state index is 12.7. The monoisotopic (exact) mass is 432 g/mol. The van der Waals surface area contributed by atoms with E-state index >= 15 is 0 Å². The van der Waals surface area contributed by atoms with Gasteiger partial charge in [0.1, 0.15) is 5.76 Å². The standard InChI is InChI=1S/C25H28N4O3/c1-16-8-9-21(17(2)12-16)26-14-24(30)27-28-25(31)20-10-11-32-23(20)15-29-18(3)13-19-6-4-5-7-22(19)29/h4-12,18,26H,13-15H2,1-3H3,(H,27,30)(H,28,31). The van der Waals surface area contributed by atoms with E-state index in [-0.39, 0.29) is 12.5 Å². The first-order valence-corrected chi connectivity index (χ1v) is 10.7. The summed E-state index contributed by atoms with van der Waals surface area (Å²) in [5.41, 5.74) is 10.9. The van der Waals surface area contributed by atoms with Gasteiger partial charge in [-0.3, -0.25) is 20.4 Å². The number of nitrogens with one attached hydrogen (secondary N) is 3. The van der Waals surface area contributed by atoms with Crippen molar-refractivity contribution in [1.82, 2.24) is 10.9 Å². The molecule has 3 N–H and O–H groups in total. The van der Waals surface area contributed by atoms with E-state index in [0.29, 0.717) is 23.9 Å². The summed E-state index contributed by atoms with van der Waals surface area (Å²) in [7, 11) is 0. The van der Waals surface area contributed by atoms with Crippen molar-refractivity contribution >= 4 is 23.2 Å². The third kappa shape index (κ3) is 4.61. The Labute approximate surface area is 187 Å².